The first kappa shape index (κ1) is 14.2. The molecular formula is C18H14N6. The molecule has 6 nitrogen and oxygen atoms in total. The highest BCUT2D eigenvalue weighted by Crippen LogP contribution is 2.25. The number of nitriles is 1. The fraction of sp³-hybridized carbons (Fsp3) is 0.111. The van der Waals surface area contributed by atoms with Crippen LogP contribution in [-0.4, -0.2) is 19.4 Å². The molecule has 1 N–H and O–H groups in total. The lowest BCUT2D eigenvalue weighted by Crippen LogP contribution is -2.02. The Hall–Kier alpha value is -3.46. The molecule has 0 amide bonds. The normalized spacial score (nSPS) is 10.9. The van der Waals surface area contributed by atoms with E-state index in [1.807, 2.05) is 54.8 Å². The average Bonchev–Trinajstić information content (AvgIpc) is 2.98. The van der Waals surface area contributed by atoms with Crippen LogP contribution in [0.4, 0.5) is 11.6 Å². The second-order valence-electron chi connectivity index (χ2n) is 5.61. The van der Waals surface area contributed by atoms with Crippen LogP contribution in [0.1, 0.15) is 16.8 Å². The molecule has 24 heavy (non-hydrogen) atoms. The van der Waals surface area contributed by atoms with Gasteiger partial charge < -0.3 is 5.32 Å². The summed E-state index contributed by atoms with van der Waals surface area (Å²) in [6, 6.07) is 12.0. The average molecular weight is 314 g/mol. The van der Waals surface area contributed by atoms with E-state index in [2.05, 4.69) is 26.3 Å². The van der Waals surface area contributed by atoms with Crippen molar-refractivity contribution in [1.29, 1.82) is 5.26 Å². The van der Waals surface area contributed by atoms with Gasteiger partial charge in [0.05, 0.1) is 11.3 Å². The van der Waals surface area contributed by atoms with Gasteiger partial charge in [0.15, 0.2) is 11.3 Å². The van der Waals surface area contributed by atoms with Crippen LogP contribution >= 0.6 is 0 Å². The Kier molecular flexibility index (Phi) is 3.14. The van der Waals surface area contributed by atoms with Gasteiger partial charge >= 0.3 is 0 Å². The van der Waals surface area contributed by atoms with Gasteiger partial charge in [-0.15, -0.1) is 0 Å². The molecule has 3 aromatic heterocycles. The molecular weight excluding hydrogens is 300 g/mol. The lowest BCUT2D eigenvalue weighted by Gasteiger charge is -2.09. The van der Waals surface area contributed by atoms with E-state index < -0.39 is 0 Å². The van der Waals surface area contributed by atoms with Gasteiger partial charge in [-0.3, -0.25) is 4.40 Å². The maximum atomic E-state index is 9.48. The predicted molar refractivity (Wildman–Crippen MR) is 92.2 cm³/mol. The Morgan fingerprint density at radius 1 is 1.08 bits per heavy atom. The summed E-state index contributed by atoms with van der Waals surface area (Å²) < 4.78 is 1.86. The Labute approximate surface area is 138 Å². The molecule has 4 aromatic rings. The summed E-state index contributed by atoms with van der Waals surface area (Å²) in [4.78, 5) is 13.5. The number of nitrogens with one attached hydrogen (secondary N) is 1. The van der Waals surface area contributed by atoms with E-state index in [0.717, 1.165) is 28.0 Å². The monoisotopic (exact) mass is 314 g/mol. The van der Waals surface area contributed by atoms with Crippen molar-refractivity contribution in [2.24, 2.45) is 0 Å². The molecule has 6 heteroatoms. The van der Waals surface area contributed by atoms with Crippen molar-refractivity contribution in [3.05, 3.63) is 59.5 Å². The molecule has 0 saturated heterocycles. The minimum absolute atomic E-state index is 0.505. The first-order chi connectivity index (χ1) is 11.7. The van der Waals surface area contributed by atoms with Gasteiger partial charge in [-0.2, -0.15) is 10.2 Å². The van der Waals surface area contributed by atoms with E-state index in [9.17, 15) is 5.26 Å². The van der Waals surface area contributed by atoms with E-state index in [1.165, 1.54) is 0 Å². The van der Waals surface area contributed by atoms with E-state index in [0.29, 0.717) is 17.2 Å². The lowest BCUT2D eigenvalue weighted by molar-refractivity contribution is 1.12. The molecule has 0 fully saturated rings. The zero-order valence-corrected chi connectivity index (χ0v) is 13.3. The number of imidazole rings is 1. The maximum Gasteiger partial charge on any atom is 0.229 e. The Bertz CT molecular complexity index is 1110. The number of aromatic nitrogens is 4. The summed E-state index contributed by atoms with van der Waals surface area (Å²) in [7, 11) is 0. The minimum Gasteiger partial charge on any atom is -0.324 e. The zero-order chi connectivity index (χ0) is 16.7. The van der Waals surface area contributed by atoms with Gasteiger partial charge in [0.1, 0.15) is 6.07 Å². The summed E-state index contributed by atoms with van der Waals surface area (Å²) in [6.07, 6.45) is 3.63. The van der Waals surface area contributed by atoms with Crippen LogP contribution in [0.2, 0.25) is 0 Å². The highest BCUT2D eigenvalue weighted by atomic mass is 15.1. The summed E-state index contributed by atoms with van der Waals surface area (Å²) in [5, 5.41) is 13.5. The number of para-hydroxylation sites is 1. The molecule has 0 unspecified atom stereocenters. The smallest absolute Gasteiger partial charge is 0.229 e. The van der Waals surface area contributed by atoms with Gasteiger partial charge in [0.2, 0.25) is 5.95 Å². The Balaban J connectivity index is 1.96. The van der Waals surface area contributed by atoms with Crippen LogP contribution in [0.5, 0.6) is 0 Å². The SMILES string of the molecule is Cc1cn2c(n1)c(C#N)c(C)c1cnc(Nc3ccccc3)nc12. The molecule has 0 saturated carbocycles. The number of fused-ring (bicyclic) bond motifs is 3. The first-order valence-electron chi connectivity index (χ1n) is 7.54. The number of hydrogen-bond acceptors (Lipinski definition) is 5. The van der Waals surface area contributed by atoms with Crippen LogP contribution in [0.3, 0.4) is 0 Å². The third kappa shape index (κ3) is 2.15. The molecule has 0 aliphatic heterocycles. The predicted octanol–water partition coefficient (Wildman–Crippen LogP) is 3.51. The fourth-order valence-electron chi connectivity index (χ4n) is 2.80. The third-order valence-corrected chi connectivity index (χ3v) is 3.97. The van der Waals surface area contributed by atoms with Crippen LogP contribution in [0.25, 0.3) is 16.7 Å². The quantitative estimate of drug-likeness (QED) is 0.612. The summed E-state index contributed by atoms with van der Waals surface area (Å²) in [5.41, 5.74) is 4.52. The standard InChI is InChI=1S/C18H14N6/c1-11-10-24-16(21-11)14(8-19)12(2)15-9-20-18(23-17(15)24)22-13-6-4-3-5-7-13/h3-7,9-10H,1-2H3,(H,20,22,23). The van der Waals surface area contributed by atoms with Gasteiger partial charge in [-0.1, -0.05) is 18.2 Å². The Morgan fingerprint density at radius 3 is 2.62 bits per heavy atom. The highest BCUT2D eigenvalue weighted by molar-refractivity contribution is 5.86. The number of hydrogen-bond donors (Lipinski definition) is 1. The topological polar surface area (TPSA) is 78.9 Å². The molecule has 4 rings (SSSR count). The molecule has 116 valence electrons. The molecule has 0 radical (unpaired) electrons. The summed E-state index contributed by atoms with van der Waals surface area (Å²) in [6.45, 7) is 3.80. The summed E-state index contributed by atoms with van der Waals surface area (Å²) >= 11 is 0. The van der Waals surface area contributed by atoms with Crippen molar-refractivity contribution in [3.63, 3.8) is 0 Å². The number of rotatable bonds is 2. The number of anilines is 2. The van der Waals surface area contributed by atoms with Crippen molar-refractivity contribution in [2.45, 2.75) is 13.8 Å². The fourth-order valence-corrected chi connectivity index (χ4v) is 2.80. The third-order valence-electron chi connectivity index (χ3n) is 3.97. The number of benzene rings is 1. The van der Waals surface area contributed by atoms with Crippen molar-refractivity contribution >= 4 is 28.3 Å². The van der Waals surface area contributed by atoms with Crippen LogP contribution < -0.4 is 5.32 Å². The largest absolute Gasteiger partial charge is 0.324 e. The lowest BCUT2D eigenvalue weighted by atomic mass is 10.1. The van der Waals surface area contributed by atoms with Crippen LogP contribution in [-0.2, 0) is 0 Å². The molecule has 0 bridgehead atoms. The van der Waals surface area contributed by atoms with E-state index in [1.54, 1.807) is 6.20 Å². The zero-order valence-electron chi connectivity index (χ0n) is 13.3. The van der Waals surface area contributed by atoms with Gasteiger partial charge in [-0.25, -0.2) is 9.97 Å². The summed E-state index contributed by atoms with van der Waals surface area (Å²) in [5.74, 6) is 0.505. The van der Waals surface area contributed by atoms with Crippen molar-refractivity contribution < 1.29 is 0 Å². The number of aryl methyl sites for hydroxylation is 2. The molecule has 1 aromatic carbocycles. The molecule has 0 spiro atoms. The molecule has 3 heterocycles. The van der Waals surface area contributed by atoms with E-state index >= 15 is 0 Å². The number of nitrogens with zero attached hydrogens (tertiary/aromatic N) is 5. The van der Waals surface area contributed by atoms with E-state index in [-0.39, 0.29) is 0 Å². The van der Waals surface area contributed by atoms with Crippen molar-refractivity contribution in [1.82, 2.24) is 19.4 Å². The van der Waals surface area contributed by atoms with Crippen LogP contribution in [0.15, 0.2) is 42.7 Å². The molecule has 0 aliphatic carbocycles. The highest BCUT2D eigenvalue weighted by Gasteiger charge is 2.15. The molecule has 0 aliphatic rings. The molecule has 0 atom stereocenters. The van der Waals surface area contributed by atoms with Crippen molar-refractivity contribution in [3.8, 4) is 6.07 Å². The van der Waals surface area contributed by atoms with Gasteiger partial charge in [0, 0.05) is 23.5 Å². The van der Waals surface area contributed by atoms with Crippen LogP contribution in [0, 0.1) is 25.2 Å². The van der Waals surface area contributed by atoms with Gasteiger partial charge in [0.25, 0.3) is 0 Å². The second-order valence-corrected chi connectivity index (χ2v) is 5.61. The second kappa shape index (κ2) is 5.32. The minimum atomic E-state index is 0.505. The van der Waals surface area contributed by atoms with E-state index in [4.69, 9.17) is 0 Å². The van der Waals surface area contributed by atoms with Crippen molar-refractivity contribution in [2.75, 3.05) is 5.32 Å². The maximum absolute atomic E-state index is 9.48. The van der Waals surface area contributed by atoms with Gasteiger partial charge in [-0.05, 0) is 31.5 Å². The number of pyridine rings is 1. The Morgan fingerprint density at radius 2 is 1.88 bits per heavy atom. The first-order valence-corrected chi connectivity index (χ1v) is 7.54.